The number of nitrogens with zero attached hydrogens (tertiary/aromatic N) is 3. The monoisotopic (exact) mass is 781 g/mol. The van der Waals surface area contributed by atoms with Gasteiger partial charge in [0.25, 0.3) is 0 Å². The molecule has 4 fully saturated rings. The molecule has 0 aromatic heterocycles. The maximum Gasteiger partial charge on any atom is 0.407 e. The van der Waals surface area contributed by atoms with Gasteiger partial charge in [0.2, 0.25) is 11.8 Å². The van der Waals surface area contributed by atoms with Gasteiger partial charge in [-0.3, -0.25) is 9.59 Å². The predicted molar refractivity (Wildman–Crippen MR) is 208 cm³/mol. The summed E-state index contributed by atoms with van der Waals surface area (Å²) < 4.78 is 47.1. The summed E-state index contributed by atoms with van der Waals surface area (Å²) in [5.41, 5.74) is 0.0472. The van der Waals surface area contributed by atoms with E-state index in [-0.39, 0.29) is 46.9 Å². The summed E-state index contributed by atoms with van der Waals surface area (Å²) in [6.45, 7) is 8.71. The number of amides is 3. The number of alkyl carbamates (subject to hydrolysis) is 1. The minimum absolute atomic E-state index is 0.0632. The minimum Gasteiger partial charge on any atom is -0.453 e. The van der Waals surface area contributed by atoms with Crippen molar-refractivity contribution in [3.8, 4) is 0 Å². The van der Waals surface area contributed by atoms with Crippen molar-refractivity contribution in [3.05, 3.63) is 72.6 Å². The van der Waals surface area contributed by atoms with Crippen molar-refractivity contribution in [1.29, 1.82) is 0 Å². The van der Waals surface area contributed by atoms with Crippen molar-refractivity contribution < 1.29 is 37.0 Å². The van der Waals surface area contributed by atoms with E-state index in [4.69, 9.17) is 4.74 Å². The molecule has 2 aromatic rings. The Labute approximate surface area is 324 Å². The number of anilines is 1. The zero-order chi connectivity index (χ0) is 39.4. The van der Waals surface area contributed by atoms with Gasteiger partial charge in [-0.15, -0.1) is 0 Å². The van der Waals surface area contributed by atoms with E-state index in [1.807, 2.05) is 11.0 Å². The maximum atomic E-state index is 14.9. The Balaban J connectivity index is 1.11. The Morgan fingerprint density at radius 2 is 1.75 bits per heavy atom. The van der Waals surface area contributed by atoms with Gasteiger partial charge in [0.05, 0.1) is 17.3 Å². The number of halogens is 1. The Morgan fingerprint density at radius 3 is 2.40 bits per heavy atom. The van der Waals surface area contributed by atoms with Crippen molar-refractivity contribution in [2.45, 2.75) is 85.5 Å². The van der Waals surface area contributed by atoms with Gasteiger partial charge in [0.1, 0.15) is 11.4 Å². The van der Waals surface area contributed by atoms with Crippen LogP contribution in [-0.4, -0.2) is 118 Å². The van der Waals surface area contributed by atoms with Crippen molar-refractivity contribution >= 4 is 33.4 Å². The smallest absolute Gasteiger partial charge is 0.407 e. The van der Waals surface area contributed by atoms with Crippen LogP contribution in [-0.2, 0) is 29.6 Å². The number of sulfone groups is 1. The number of likely N-dealkylation sites (tertiary alicyclic amines) is 2. The van der Waals surface area contributed by atoms with Crippen LogP contribution in [0, 0.1) is 17.7 Å². The van der Waals surface area contributed by atoms with E-state index in [1.165, 1.54) is 26.2 Å². The third-order valence-corrected chi connectivity index (χ3v) is 14.7. The SMILES string of the molecule is C=CC(=O)N1CCCC[C@@H](S(=O)(=O)c2ccc(N3CC(O)(CN4CCC(C(CNC(C)=O)(c5cccc(F)c5)[C@H]5CCC[C@@H]5NC(=O)OC)CC4)C3)cc2)C1. The second kappa shape index (κ2) is 17.0. The summed E-state index contributed by atoms with van der Waals surface area (Å²) >= 11 is 0. The summed E-state index contributed by atoms with van der Waals surface area (Å²) in [4.78, 5) is 43.2. The first kappa shape index (κ1) is 40.6. The van der Waals surface area contributed by atoms with Crippen molar-refractivity contribution in [2.75, 3.05) is 64.4 Å². The highest BCUT2D eigenvalue weighted by Crippen LogP contribution is 2.50. The minimum atomic E-state index is -3.66. The molecule has 3 aliphatic heterocycles. The lowest BCUT2D eigenvalue weighted by Gasteiger charge is -2.53. The second-order valence-electron chi connectivity index (χ2n) is 16.0. The van der Waals surface area contributed by atoms with Crippen molar-refractivity contribution in [2.24, 2.45) is 11.8 Å². The molecule has 0 radical (unpaired) electrons. The number of ether oxygens (including phenoxy) is 1. The molecular formula is C41H56FN5O7S. The fourth-order valence-electron chi connectivity index (χ4n) is 9.83. The van der Waals surface area contributed by atoms with E-state index in [2.05, 4.69) is 22.1 Å². The van der Waals surface area contributed by atoms with Crippen LogP contribution in [0.4, 0.5) is 14.9 Å². The van der Waals surface area contributed by atoms with E-state index >= 15 is 0 Å². The third kappa shape index (κ3) is 8.86. The highest BCUT2D eigenvalue weighted by molar-refractivity contribution is 7.92. The van der Waals surface area contributed by atoms with Crippen LogP contribution in [0.15, 0.2) is 66.1 Å². The van der Waals surface area contributed by atoms with Crippen LogP contribution >= 0.6 is 0 Å². The van der Waals surface area contributed by atoms with Crippen LogP contribution in [0.1, 0.15) is 63.9 Å². The number of benzene rings is 2. The molecule has 2 aromatic carbocycles. The molecule has 3 N–H and O–H groups in total. The number of carbonyl (C=O) groups excluding carboxylic acids is 3. The molecule has 1 unspecified atom stereocenters. The van der Waals surface area contributed by atoms with Gasteiger partial charge in [0.15, 0.2) is 9.84 Å². The lowest BCUT2D eigenvalue weighted by molar-refractivity contribution is -0.126. The van der Waals surface area contributed by atoms with Crippen LogP contribution in [0.5, 0.6) is 0 Å². The van der Waals surface area contributed by atoms with E-state index in [9.17, 15) is 32.3 Å². The average molecular weight is 782 g/mol. The fourth-order valence-corrected chi connectivity index (χ4v) is 11.6. The summed E-state index contributed by atoms with van der Waals surface area (Å²) in [7, 11) is -2.32. The molecule has 3 saturated heterocycles. The molecule has 1 aliphatic carbocycles. The number of carbonyl (C=O) groups is 3. The molecule has 4 atom stereocenters. The molecule has 0 spiro atoms. The van der Waals surface area contributed by atoms with E-state index in [1.54, 1.807) is 41.3 Å². The van der Waals surface area contributed by atoms with Crippen LogP contribution in [0.2, 0.25) is 0 Å². The first-order chi connectivity index (χ1) is 26.3. The molecule has 3 heterocycles. The second-order valence-corrected chi connectivity index (χ2v) is 18.2. The Bertz CT molecular complexity index is 1810. The van der Waals surface area contributed by atoms with Gasteiger partial charge in [-0.25, -0.2) is 17.6 Å². The first-order valence-electron chi connectivity index (χ1n) is 19.6. The molecule has 12 nitrogen and oxygen atoms in total. The Hall–Kier alpha value is -4.01. The standard InChI is InChI=1S/C41H56FN5O7S/c1-4-38(49)46-20-6-5-11-35(24-46)55(52,53)34-16-14-33(15-17-34)47-27-40(51,28-47)26-45-21-18-30(19-22-45)41(25-43-29(2)48,31-9-7-10-32(42)23-31)36-12-8-13-37(36)44-39(50)54-3/h4,7,9-10,14-17,23,30,35-37,51H,1,5-6,8,11-13,18-22,24-28H2,2-3H3,(H,43,48)(H,44,50)/t35-,36+,37+,41?/m1/s1. The molecule has 14 heteroatoms. The summed E-state index contributed by atoms with van der Waals surface area (Å²) in [6.07, 6.45) is 6.67. The molecule has 55 heavy (non-hydrogen) atoms. The van der Waals surface area contributed by atoms with Crippen LogP contribution < -0.4 is 15.5 Å². The number of hydrogen-bond donors (Lipinski definition) is 3. The van der Waals surface area contributed by atoms with E-state index < -0.39 is 32.2 Å². The number of β-amino-alcohol motifs (C(OH)–C–C–N with tert-alkyl or cyclic N) is 1. The molecule has 0 bridgehead atoms. The lowest BCUT2D eigenvalue weighted by Crippen LogP contribution is -2.67. The maximum absolute atomic E-state index is 14.9. The molecule has 4 aliphatic rings. The van der Waals surface area contributed by atoms with Crippen molar-refractivity contribution in [3.63, 3.8) is 0 Å². The summed E-state index contributed by atoms with van der Waals surface area (Å²) in [5.74, 6) is -0.773. The van der Waals surface area contributed by atoms with Crippen LogP contribution in [0.3, 0.4) is 0 Å². The van der Waals surface area contributed by atoms with E-state index in [0.29, 0.717) is 52.2 Å². The number of piperidine rings is 1. The number of aliphatic hydroxyl groups is 1. The Kier molecular flexibility index (Phi) is 12.6. The predicted octanol–water partition coefficient (Wildman–Crippen LogP) is 4.03. The number of nitrogens with one attached hydrogen (secondary N) is 2. The van der Waals surface area contributed by atoms with Gasteiger partial charge >= 0.3 is 6.09 Å². The quantitative estimate of drug-likeness (QED) is 0.272. The normalized spacial score (nSPS) is 24.5. The van der Waals surface area contributed by atoms with Crippen LogP contribution in [0.25, 0.3) is 0 Å². The molecule has 1 saturated carbocycles. The van der Waals surface area contributed by atoms with Crippen molar-refractivity contribution in [1.82, 2.24) is 20.4 Å². The van der Waals surface area contributed by atoms with Gasteiger partial charge in [0, 0.05) is 63.3 Å². The van der Waals surface area contributed by atoms with Gasteiger partial charge in [-0.1, -0.05) is 31.6 Å². The zero-order valence-electron chi connectivity index (χ0n) is 32.1. The topological polar surface area (TPSA) is 149 Å². The third-order valence-electron chi connectivity index (χ3n) is 12.5. The first-order valence-corrected chi connectivity index (χ1v) is 21.1. The summed E-state index contributed by atoms with van der Waals surface area (Å²) in [5, 5.41) is 17.0. The zero-order valence-corrected chi connectivity index (χ0v) is 32.9. The lowest BCUT2D eigenvalue weighted by atomic mass is 9.58. The van der Waals surface area contributed by atoms with Gasteiger partial charge in [-0.2, -0.15) is 0 Å². The van der Waals surface area contributed by atoms with Gasteiger partial charge < -0.3 is 35.2 Å². The highest BCUT2D eigenvalue weighted by atomic mass is 32.2. The fraction of sp³-hybridized carbons (Fsp3) is 0.585. The largest absolute Gasteiger partial charge is 0.453 e. The Morgan fingerprint density at radius 1 is 1.02 bits per heavy atom. The summed E-state index contributed by atoms with van der Waals surface area (Å²) in [6, 6.07) is 13.3. The average Bonchev–Trinajstić information content (AvgIpc) is 3.47. The molecule has 6 rings (SSSR count). The molecular weight excluding hydrogens is 726 g/mol. The highest BCUT2D eigenvalue weighted by Gasteiger charge is 2.53. The van der Waals surface area contributed by atoms with E-state index in [0.717, 1.165) is 56.2 Å². The number of rotatable bonds is 12. The number of hydrogen-bond acceptors (Lipinski definition) is 9. The molecule has 300 valence electrons. The molecule has 3 amide bonds. The van der Waals surface area contributed by atoms with Gasteiger partial charge in [-0.05, 0) is 111 Å². The number of methoxy groups -OCH3 is 1.